The van der Waals surface area contributed by atoms with Gasteiger partial charge in [0.2, 0.25) is 0 Å². The van der Waals surface area contributed by atoms with E-state index in [-0.39, 0.29) is 5.84 Å². The van der Waals surface area contributed by atoms with Crippen LogP contribution in [0.25, 0.3) is 0 Å². The quantitative estimate of drug-likeness (QED) is 0.393. The van der Waals surface area contributed by atoms with Gasteiger partial charge in [-0.1, -0.05) is 21.1 Å². The lowest BCUT2D eigenvalue weighted by atomic mass is 10.2. The summed E-state index contributed by atoms with van der Waals surface area (Å²) in [7, 11) is 0. The molecule has 0 aliphatic rings. The number of hydrogen-bond acceptors (Lipinski definition) is 3. The number of nitrogens with two attached hydrogens (primary N) is 1. The SMILES string of the molecule is N/C(=N/O)c1ccc(Oc2cc(F)cc(Br)c2)cc1. The van der Waals surface area contributed by atoms with E-state index in [1.165, 1.54) is 12.1 Å². The highest BCUT2D eigenvalue weighted by atomic mass is 79.9. The summed E-state index contributed by atoms with van der Waals surface area (Å²) in [6.45, 7) is 0. The molecule has 4 nitrogen and oxygen atoms in total. The number of amidine groups is 1. The Hall–Kier alpha value is -2.08. The van der Waals surface area contributed by atoms with E-state index in [0.717, 1.165) is 0 Å². The number of nitrogens with zero attached hydrogens (tertiary/aromatic N) is 1. The minimum Gasteiger partial charge on any atom is -0.457 e. The number of hydrogen-bond donors (Lipinski definition) is 2. The molecule has 2 aromatic rings. The van der Waals surface area contributed by atoms with Crippen LogP contribution in [0.3, 0.4) is 0 Å². The molecule has 98 valence electrons. The van der Waals surface area contributed by atoms with E-state index in [2.05, 4.69) is 21.1 Å². The van der Waals surface area contributed by atoms with Crippen LogP contribution in [0.15, 0.2) is 52.1 Å². The minimum atomic E-state index is -0.391. The molecule has 0 saturated heterocycles. The second kappa shape index (κ2) is 5.71. The molecule has 0 aromatic heterocycles. The van der Waals surface area contributed by atoms with Crippen molar-refractivity contribution in [2.45, 2.75) is 0 Å². The first kappa shape index (κ1) is 13.4. The van der Waals surface area contributed by atoms with E-state index in [1.807, 2.05) is 0 Å². The Morgan fingerprint density at radius 1 is 1.16 bits per heavy atom. The average molecular weight is 325 g/mol. The maximum absolute atomic E-state index is 13.2. The molecule has 19 heavy (non-hydrogen) atoms. The molecule has 0 radical (unpaired) electrons. The average Bonchev–Trinajstić information content (AvgIpc) is 2.37. The first-order chi connectivity index (χ1) is 9.08. The number of benzene rings is 2. The smallest absolute Gasteiger partial charge is 0.170 e. The Balaban J connectivity index is 2.19. The zero-order chi connectivity index (χ0) is 13.8. The number of ether oxygens (including phenoxy) is 1. The van der Waals surface area contributed by atoms with Crippen LogP contribution in [0.2, 0.25) is 0 Å². The monoisotopic (exact) mass is 324 g/mol. The van der Waals surface area contributed by atoms with E-state index in [4.69, 9.17) is 15.7 Å². The largest absolute Gasteiger partial charge is 0.457 e. The highest BCUT2D eigenvalue weighted by Crippen LogP contribution is 2.26. The van der Waals surface area contributed by atoms with Gasteiger partial charge in [-0.25, -0.2) is 4.39 Å². The summed E-state index contributed by atoms with van der Waals surface area (Å²) < 4.78 is 19.3. The lowest BCUT2D eigenvalue weighted by Gasteiger charge is -2.07. The molecule has 2 rings (SSSR count). The third-order valence-electron chi connectivity index (χ3n) is 2.33. The fourth-order valence-electron chi connectivity index (χ4n) is 1.48. The number of oxime groups is 1. The summed E-state index contributed by atoms with van der Waals surface area (Å²) in [5.41, 5.74) is 6.01. The molecule has 0 amide bonds. The van der Waals surface area contributed by atoms with Crippen molar-refractivity contribution in [2.75, 3.05) is 0 Å². The molecule has 0 atom stereocenters. The van der Waals surface area contributed by atoms with Crippen molar-refractivity contribution in [3.63, 3.8) is 0 Å². The highest BCUT2D eigenvalue weighted by molar-refractivity contribution is 9.10. The van der Waals surface area contributed by atoms with Crippen LogP contribution >= 0.6 is 15.9 Å². The highest BCUT2D eigenvalue weighted by Gasteiger charge is 2.03. The van der Waals surface area contributed by atoms with Crippen LogP contribution in [-0.4, -0.2) is 11.0 Å². The molecular weight excluding hydrogens is 315 g/mol. The standard InChI is InChI=1S/C13H10BrFN2O2/c14-9-5-10(15)7-12(6-9)19-11-3-1-8(2-4-11)13(16)17-18/h1-7,18H,(H2,16,17). The van der Waals surface area contributed by atoms with Gasteiger partial charge in [-0.3, -0.25) is 0 Å². The van der Waals surface area contributed by atoms with Crippen molar-refractivity contribution < 1.29 is 14.3 Å². The van der Waals surface area contributed by atoms with E-state index in [1.54, 1.807) is 30.3 Å². The van der Waals surface area contributed by atoms with Gasteiger partial charge in [0, 0.05) is 16.1 Å². The zero-order valence-electron chi connectivity index (χ0n) is 9.68. The Bertz CT molecular complexity index is 594. The van der Waals surface area contributed by atoms with Crippen LogP contribution < -0.4 is 10.5 Å². The fourth-order valence-corrected chi connectivity index (χ4v) is 1.92. The topological polar surface area (TPSA) is 67.8 Å². The van der Waals surface area contributed by atoms with Gasteiger partial charge in [-0.05, 0) is 36.4 Å². The molecule has 0 heterocycles. The van der Waals surface area contributed by atoms with Crippen molar-refractivity contribution in [1.82, 2.24) is 0 Å². The predicted molar refractivity (Wildman–Crippen MR) is 73.1 cm³/mol. The summed E-state index contributed by atoms with van der Waals surface area (Å²) >= 11 is 3.19. The molecule has 0 saturated carbocycles. The van der Waals surface area contributed by atoms with Gasteiger partial charge >= 0.3 is 0 Å². The Labute approximate surface area is 117 Å². The van der Waals surface area contributed by atoms with Gasteiger partial charge in [0.15, 0.2) is 5.84 Å². The fraction of sp³-hybridized carbons (Fsp3) is 0. The van der Waals surface area contributed by atoms with E-state index >= 15 is 0 Å². The van der Waals surface area contributed by atoms with Gasteiger partial charge in [-0.2, -0.15) is 0 Å². The first-order valence-electron chi connectivity index (χ1n) is 5.30. The Morgan fingerprint density at radius 3 is 2.42 bits per heavy atom. The molecule has 3 N–H and O–H groups in total. The minimum absolute atomic E-state index is 0.0139. The molecule has 0 aliphatic carbocycles. The maximum atomic E-state index is 13.2. The van der Waals surface area contributed by atoms with Crippen molar-refractivity contribution in [3.05, 3.63) is 58.3 Å². The van der Waals surface area contributed by atoms with E-state index in [9.17, 15) is 4.39 Å². The van der Waals surface area contributed by atoms with Gasteiger partial charge in [0.05, 0.1) is 0 Å². The second-order valence-corrected chi connectivity index (χ2v) is 4.63. The maximum Gasteiger partial charge on any atom is 0.170 e. The van der Waals surface area contributed by atoms with Gasteiger partial charge in [-0.15, -0.1) is 0 Å². The van der Waals surface area contributed by atoms with Crippen molar-refractivity contribution in [2.24, 2.45) is 10.9 Å². The molecular formula is C13H10BrFN2O2. The van der Waals surface area contributed by atoms with Crippen LogP contribution in [0.5, 0.6) is 11.5 Å². The lowest BCUT2D eigenvalue weighted by Crippen LogP contribution is -2.12. The summed E-state index contributed by atoms with van der Waals surface area (Å²) in [5.74, 6) is 0.521. The summed E-state index contributed by atoms with van der Waals surface area (Å²) in [6, 6.07) is 10.8. The van der Waals surface area contributed by atoms with Crippen molar-refractivity contribution >= 4 is 21.8 Å². The molecule has 0 unspecified atom stereocenters. The molecule has 6 heteroatoms. The predicted octanol–water partition coefficient (Wildman–Crippen LogP) is 3.48. The molecule has 0 aliphatic heterocycles. The van der Waals surface area contributed by atoms with E-state index < -0.39 is 5.82 Å². The molecule has 0 spiro atoms. The number of halogens is 2. The molecule has 0 fully saturated rings. The summed E-state index contributed by atoms with van der Waals surface area (Å²) in [5, 5.41) is 11.4. The third-order valence-corrected chi connectivity index (χ3v) is 2.79. The summed E-state index contributed by atoms with van der Waals surface area (Å²) in [6.07, 6.45) is 0. The second-order valence-electron chi connectivity index (χ2n) is 3.72. The normalized spacial score (nSPS) is 11.4. The molecule has 0 bridgehead atoms. The Kier molecular flexibility index (Phi) is 4.01. The van der Waals surface area contributed by atoms with Gasteiger partial charge in [0.25, 0.3) is 0 Å². The first-order valence-corrected chi connectivity index (χ1v) is 6.09. The van der Waals surface area contributed by atoms with Crippen molar-refractivity contribution in [1.29, 1.82) is 0 Å². The van der Waals surface area contributed by atoms with Gasteiger partial charge < -0.3 is 15.7 Å². The van der Waals surface area contributed by atoms with Crippen LogP contribution in [0.4, 0.5) is 4.39 Å². The molecule has 2 aromatic carbocycles. The van der Waals surface area contributed by atoms with Crippen LogP contribution in [0, 0.1) is 5.82 Å². The van der Waals surface area contributed by atoms with Gasteiger partial charge in [0.1, 0.15) is 17.3 Å². The van der Waals surface area contributed by atoms with Crippen LogP contribution in [-0.2, 0) is 0 Å². The lowest BCUT2D eigenvalue weighted by molar-refractivity contribution is 0.318. The van der Waals surface area contributed by atoms with Crippen LogP contribution in [0.1, 0.15) is 5.56 Å². The zero-order valence-corrected chi connectivity index (χ0v) is 11.3. The third kappa shape index (κ3) is 3.45. The van der Waals surface area contributed by atoms with E-state index in [0.29, 0.717) is 21.5 Å². The number of rotatable bonds is 3. The summed E-state index contributed by atoms with van der Waals surface area (Å²) in [4.78, 5) is 0. The Morgan fingerprint density at radius 2 is 1.84 bits per heavy atom. The van der Waals surface area contributed by atoms with Crippen molar-refractivity contribution in [3.8, 4) is 11.5 Å².